The number of benzene rings is 1. The lowest BCUT2D eigenvalue weighted by Crippen LogP contribution is -2.40. The highest BCUT2D eigenvalue weighted by molar-refractivity contribution is 9.10. The quantitative estimate of drug-likeness (QED) is 0.889. The second kappa shape index (κ2) is 5.61. The Balaban J connectivity index is 2.02. The molecule has 1 aromatic carbocycles. The number of halogens is 1. The molecule has 1 fully saturated rings. The van der Waals surface area contributed by atoms with E-state index < -0.39 is 5.91 Å². The van der Waals surface area contributed by atoms with Gasteiger partial charge in [-0.3, -0.25) is 9.78 Å². The summed E-state index contributed by atoms with van der Waals surface area (Å²) in [6, 6.07) is 6.07. The molecule has 1 heterocycles. The van der Waals surface area contributed by atoms with Crippen LogP contribution in [0.3, 0.4) is 0 Å². The predicted octanol–water partition coefficient (Wildman–Crippen LogP) is 2.69. The number of carbonyl (C=O) groups excluding carboxylic acids is 1. The molecule has 2 aromatic rings. The summed E-state index contributed by atoms with van der Waals surface area (Å²) in [5, 5.41) is 4.31. The number of fused-ring (bicyclic) bond motifs is 1. The molecule has 1 aromatic heterocycles. The number of rotatable bonds is 4. The second-order valence-electron chi connectivity index (χ2n) is 5.24. The highest BCUT2D eigenvalue weighted by atomic mass is 79.9. The molecule has 110 valence electrons. The van der Waals surface area contributed by atoms with Crippen LogP contribution in [0.15, 0.2) is 28.9 Å². The number of hydrogen-bond donors (Lipinski definition) is 2. The van der Waals surface area contributed by atoms with Crippen molar-refractivity contribution in [1.82, 2.24) is 4.98 Å². The zero-order valence-corrected chi connectivity index (χ0v) is 13.2. The first kappa shape index (κ1) is 14.3. The average Bonchev–Trinajstić information content (AvgIpc) is 2.41. The van der Waals surface area contributed by atoms with Gasteiger partial charge in [-0.25, -0.2) is 0 Å². The summed E-state index contributed by atoms with van der Waals surface area (Å²) in [6.07, 6.45) is 3.67. The van der Waals surface area contributed by atoms with Gasteiger partial charge in [0.15, 0.2) is 0 Å². The van der Waals surface area contributed by atoms with Crippen molar-refractivity contribution >= 4 is 38.4 Å². The van der Waals surface area contributed by atoms with E-state index in [0.29, 0.717) is 11.7 Å². The molecule has 0 spiro atoms. The van der Waals surface area contributed by atoms with Crippen LogP contribution in [0.25, 0.3) is 10.9 Å². The Morgan fingerprint density at radius 3 is 2.90 bits per heavy atom. The molecule has 0 bridgehead atoms. The van der Waals surface area contributed by atoms with Crippen molar-refractivity contribution in [1.29, 1.82) is 0 Å². The summed E-state index contributed by atoms with van der Waals surface area (Å²) in [7, 11) is 1.72. The van der Waals surface area contributed by atoms with Crippen molar-refractivity contribution in [3.05, 3.63) is 34.4 Å². The molecule has 0 radical (unpaired) electrons. The lowest BCUT2D eigenvalue weighted by atomic mass is 9.88. The Morgan fingerprint density at radius 2 is 2.24 bits per heavy atom. The van der Waals surface area contributed by atoms with E-state index in [1.807, 2.05) is 18.2 Å². The summed E-state index contributed by atoms with van der Waals surface area (Å²) in [5.41, 5.74) is 7.48. The van der Waals surface area contributed by atoms with E-state index >= 15 is 0 Å². The van der Waals surface area contributed by atoms with E-state index in [1.165, 1.54) is 6.20 Å². The van der Waals surface area contributed by atoms with Crippen LogP contribution in [-0.2, 0) is 4.74 Å². The topological polar surface area (TPSA) is 77.2 Å². The lowest BCUT2D eigenvalue weighted by molar-refractivity contribution is 0.0329. The van der Waals surface area contributed by atoms with Crippen LogP contribution in [0.4, 0.5) is 5.69 Å². The highest BCUT2D eigenvalue weighted by Crippen LogP contribution is 2.33. The fourth-order valence-corrected chi connectivity index (χ4v) is 2.95. The molecule has 3 rings (SSSR count). The van der Waals surface area contributed by atoms with Crippen molar-refractivity contribution in [2.24, 2.45) is 5.73 Å². The molecule has 1 aliphatic carbocycles. The van der Waals surface area contributed by atoms with E-state index in [9.17, 15) is 4.79 Å². The monoisotopic (exact) mass is 349 g/mol. The number of aromatic nitrogens is 1. The molecule has 0 atom stereocenters. The number of nitrogens with zero attached hydrogens (tertiary/aromatic N) is 1. The number of pyridine rings is 1. The fraction of sp³-hybridized carbons (Fsp3) is 0.333. The number of anilines is 1. The number of nitrogens with one attached hydrogen (secondary N) is 1. The predicted molar refractivity (Wildman–Crippen MR) is 85.4 cm³/mol. The summed E-state index contributed by atoms with van der Waals surface area (Å²) < 4.78 is 6.22. The normalized spacial score (nSPS) is 21.0. The van der Waals surface area contributed by atoms with Crippen molar-refractivity contribution < 1.29 is 9.53 Å². The fourth-order valence-electron chi connectivity index (χ4n) is 2.59. The largest absolute Gasteiger partial charge is 0.381 e. The zero-order chi connectivity index (χ0) is 15.0. The second-order valence-corrected chi connectivity index (χ2v) is 6.16. The number of methoxy groups -OCH3 is 1. The third-order valence-corrected chi connectivity index (χ3v) is 4.37. The minimum atomic E-state index is -0.477. The molecule has 0 unspecified atom stereocenters. The minimum Gasteiger partial charge on any atom is -0.381 e. The summed E-state index contributed by atoms with van der Waals surface area (Å²) >= 11 is 3.45. The first-order valence-electron chi connectivity index (χ1n) is 6.76. The molecule has 1 aliphatic rings. The van der Waals surface area contributed by atoms with Crippen molar-refractivity contribution in [3.8, 4) is 0 Å². The molecule has 1 saturated carbocycles. The van der Waals surface area contributed by atoms with Gasteiger partial charge in [0.25, 0.3) is 5.91 Å². The van der Waals surface area contributed by atoms with E-state index in [-0.39, 0.29) is 6.04 Å². The van der Waals surface area contributed by atoms with Crippen molar-refractivity contribution in [3.63, 3.8) is 0 Å². The Hall–Kier alpha value is -1.66. The molecular formula is C15H16BrN3O2. The van der Waals surface area contributed by atoms with Gasteiger partial charge in [0.2, 0.25) is 0 Å². The highest BCUT2D eigenvalue weighted by Gasteiger charge is 2.30. The summed E-state index contributed by atoms with van der Waals surface area (Å²) in [6.45, 7) is 0. The lowest BCUT2D eigenvalue weighted by Gasteiger charge is -2.35. The zero-order valence-electron chi connectivity index (χ0n) is 11.6. The third-order valence-electron chi connectivity index (χ3n) is 3.87. The molecule has 5 nitrogen and oxygen atoms in total. The van der Waals surface area contributed by atoms with E-state index in [4.69, 9.17) is 10.5 Å². The number of primary amides is 1. The molecule has 21 heavy (non-hydrogen) atoms. The van der Waals surface area contributed by atoms with Crippen molar-refractivity contribution in [2.75, 3.05) is 12.4 Å². The van der Waals surface area contributed by atoms with Crippen LogP contribution in [0.2, 0.25) is 0 Å². The van der Waals surface area contributed by atoms with E-state index in [0.717, 1.165) is 33.9 Å². The first-order chi connectivity index (χ1) is 10.1. The van der Waals surface area contributed by atoms with Crippen LogP contribution in [0.5, 0.6) is 0 Å². The maximum absolute atomic E-state index is 11.7. The van der Waals surface area contributed by atoms with Crippen LogP contribution in [0, 0.1) is 0 Å². The minimum absolute atomic E-state index is 0.289. The number of nitrogens with two attached hydrogens (primary N) is 1. The Labute approximate surface area is 131 Å². The maximum atomic E-state index is 11.7. The van der Waals surface area contributed by atoms with Gasteiger partial charge in [0.1, 0.15) is 0 Å². The number of carbonyl (C=O) groups is 1. The Morgan fingerprint density at radius 1 is 1.48 bits per heavy atom. The molecular weight excluding hydrogens is 334 g/mol. The summed E-state index contributed by atoms with van der Waals surface area (Å²) in [5.74, 6) is -0.477. The Kier molecular flexibility index (Phi) is 3.82. The van der Waals surface area contributed by atoms with Crippen LogP contribution >= 0.6 is 15.9 Å². The number of amides is 1. The van der Waals surface area contributed by atoms with E-state index in [2.05, 4.69) is 26.2 Å². The van der Waals surface area contributed by atoms with Gasteiger partial charge in [0, 0.05) is 29.2 Å². The summed E-state index contributed by atoms with van der Waals surface area (Å²) in [4.78, 5) is 16.0. The Bertz CT molecular complexity index is 699. The van der Waals surface area contributed by atoms with E-state index in [1.54, 1.807) is 7.11 Å². The van der Waals surface area contributed by atoms with Crippen LogP contribution < -0.4 is 11.1 Å². The van der Waals surface area contributed by atoms with Crippen LogP contribution in [-0.4, -0.2) is 30.1 Å². The van der Waals surface area contributed by atoms with Gasteiger partial charge in [-0.05, 0) is 31.0 Å². The first-order valence-corrected chi connectivity index (χ1v) is 7.55. The number of ether oxygens (including phenoxy) is 1. The van der Waals surface area contributed by atoms with Gasteiger partial charge < -0.3 is 15.8 Å². The van der Waals surface area contributed by atoms with Gasteiger partial charge in [0.05, 0.1) is 22.9 Å². The van der Waals surface area contributed by atoms with Crippen molar-refractivity contribution in [2.45, 2.75) is 25.0 Å². The molecule has 0 aliphatic heterocycles. The van der Waals surface area contributed by atoms with Gasteiger partial charge in [-0.15, -0.1) is 0 Å². The maximum Gasteiger partial charge on any atom is 0.252 e. The molecule has 6 heteroatoms. The molecule has 3 N–H and O–H groups in total. The SMILES string of the molecule is COC1CC(Nc2c(C(N)=O)cnc3ccc(Br)cc23)C1. The van der Waals surface area contributed by atoms with Gasteiger partial charge >= 0.3 is 0 Å². The van der Waals surface area contributed by atoms with Crippen LogP contribution in [0.1, 0.15) is 23.2 Å². The number of hydrogen-bond acceptors (Lipinski definition) is 4. The molecule has 0 saturated heterocycles. The van der Waals surface area contributed by atoms with Gasteiger partial charge in [-0.1, -0.05) is 15.9 Å². The standard InChI is InChI=1S/C15H16BrN3O2/c1-21-10-5-9(6-10)19-14-11-4-8(16)2-3-13(11)18-7-12(14)15(17)20/h2-4,7,9-10H,5-6H2,1H3,(H2,17,20)(H,18,19). The van der Waals surface area contributed by atoms with Gasteiger partial charge in [-0.2, -0.15) is 0 Å². The smallest absolute Gasteiger partial charge is 0.252 e. The third kappa shape index (κ3) is 2.73. The molecule has 1 amide bonds. The average molecular weight is 350 g/mol.